The second kappa shape index (κ2) is 9.60. The molecule has 0 aliphatic carbocycles. The van der Waals surface area contributed by atoms with Gasteiger partial charge in [-0.15, -0.1) is 0 Å². The highest BCUT2D eigenvalue weighted by Gasteiger charge is 2.19. The number of hydrogen-bond donors (Lipinski definition) is 1. The number of pyridine rings is 1. The fraction of sp³-hybridized carbons (Fsp3) is 0.125. The van der Waals surface area contributed by atoms with Gasteiger partial charge >= 0.3 is 5.97 Å². The number of aliphatic hydroxyl groups excluding tert-OH is 1. The Morgan fingerprint density at radius 2 is 1.80 bits per heavy atom. The predicted molar refractivity (Wildman–Crippen MR) is 115 cm³/mol. The molecule has 0 aliphatic rings. The van der Waals surface area contributed by atoms with Crippen molar-refractivity contribution in [2.75, 3.05) is 6.61 Å². The standard InChI is InChI=1S/C24H21FN2O3/c1-3-30-24(29)21(15-27-19-7-4-16(2)5-8-19)23(28)20-9-6-18(14-22(20)25)17-10-12-26-13-11-17/h4-15,28H,3H2,1-2H3/b23-21-,27-15?. The van der Waals surface area contributed by atoms with E-state index in [-0.39, 0.29) is 17.7 Å². The van der Waals surface area contributed by atoms with Crippen molar-refractivity contribution in [2.45, 2.75) is 13.8 Å². The van der Waals surface area contributed by atoms with E-state index < -0.39 is 17.5 Å². The molecule has 1 heterocycles. The van der Waals surface area contributed by atoms with E-state index in [1.54, 1.807) is 49.6 Å². The van der Waals surface area contributed by atoms with Crippen LogP contribution in [0.4, 0.5) is 10.1 Å². The Morgan fingerprint density at radius 3 is 2.43 bits per heavy atom. The molecule has 0 radical (unpaired) electrons. The number of aliphatic hydroxyl groups is 1. The van der Waals surface area contributed by atoms with E-state index in [0.717, 1.165) is 11.1 Å². The summed E-state index contributed by atoms with van der Waals surface area (Å²) in [6.07, 6.45) is 4.41. The van der Waals surface area contributed by atoms with Crippen molar-refractivity contribution in [3.8, 4) is 11.1 Å². The van der Waals surface area contributed by atoms with E-state index in [9.17, 15) is 14.3 Å². The summed E-state index contributed by atoms with van der Waals surface area (Å²) in [6.45, 7) is 3.70. The summed E-state index contributed by atoms with van der Waals surface area (Å²) in [5, 5.41) is 10.7. The van der Waals surface area contributed by atoms with Gasteiger partial charge in [0, 0.05) is 18.6 Å². The lowest BCUT2D eigenvalue weighted by Gasteiger charge is -2.09. The Morgan fingerprint density at radius 1 is 1.10 bits per heavy atom. The molecule has 0 atom stereocenters. The zero-order chi connectivity index (χ0) is 21.5. The SMILES string of the molecule is CCOC(=O)/C(C=Nc1ccc(C)cc1)=C(\O)c1ccc(-c2ccncc2)cc1F. The molecular formula is C24H21FN2O3. The summed E-state index contributed by atoms with van der Waals surface area (Å²) in [4.78, 5) is 20.5. The Bertz CT molecular complexity index is 1090. The molecule has 30 heavy (non-hydrogen) atoms. The minimum Gasteiger partial charge on any atom is -0.506 e. The molecule has 0 bridgehead atoms. The molecule has 5 nitrogen and oxygen atoms in total. The molecule has 0 fully saturated rings. The molecule has 3 aromatic rings. The van der Waals surface area contributed by atoms with Crippen LogP contribution in [0.3, 0.4) is 0 Å². The van der Waals surface area contributed by atoms with E-state index in [1.165, 1.54) is 18.3 Å². The third-order valence-electron chi connectivity index (χ3n) is 4.37. The number of aromatic nitrogens is 1. The average molecular weight is 404 g/mol. The lowest BCUT2D eigenvalue weighted by Crippen LogP contribution is -2.11. The zero-order valence-electron chi connectivity index (χ0n) is 16.7. The molecule has 0 amide bonds. The summed E-state index contributed by atoms with van der Waals surface area (Å²) in [7, 11) is 0. The highest BCUT2D eigenvalue weighted by Crippen LogP contribution is 2.26. The van der Waals surface area contributed by atoms with Gasteiger partial charge in [0.15, 0.2) is 0 Å². The molecule has 152 valence electrons. The van der Waals surface area contributed by atoms with Crippen LogP contribution in [0, 0.1) is 12.7 Å². The summed E-state index contributed by atoms with van der Waals surface area (Å²) in [5.41, 5.74) is 2.71. The van der Waals surface area contributed by atoms with Gasteiger partial charge in [-0.05, 0) is 61.4 Å². The van der Waals surface area contributed by atoms with Gasteiger partial charge < -0.3 is 9.84 Å². The van der Waals surface area contributed by atoms with Crippen LogP contribution in [-0.4, -0.2) is 28.9 Å². The predicted octanol–water partition coefficient (Wildman–Crippen LogP) is 5.43. The number of aliphatic imine (C=N–C) groups is 1. The minimum absolute atomic E-state index is 0.109. The normalized spacial score (nSPS) is 12.0. The quantitative estimate of drug-likeness (QED) is 0.257. The fourth-order valence-corrected chi connectivity index (χ4v) is 2.77. The van der Waals surface area contributed by atoms with Crippen molar-refractivity contribution in [1.82, 2.24) is 4.98 Å². The van der Waals surface area contributed by atoms with Crippen LogP contribution in [0.5, 0.6) is 0 Å². The molecule has 2 aromatic carbocycles. The molecule has 0 aliphatic heterocycles. The molecule has 0 saturated heterocycles. The molecule has 0 saturated carbocycles. The number of ether oxygens (including phenoxy) is 1. The highest BCUT2D eigenvalue weighted by atomic mass is 19.1. The molecular weight excluding hydrogens is 383 g/mol. The van der Waals surface area contributed by atoms with Crippen LogP contribution < -0.4 is 0 Å². The molecule has 0 unspecified atom stereocenters. The Labute approximate surface area is 174 Å². The molecule has 0 spiro atoms. The van der Waals surface area contributed by atoms with Crippen molar-refractivity contribution in [3.05, 3.63) is 89.5 Å². The van der Waals surface area contributed by atoms with Gasteiger partial charge in [-0.25, -0.2) is 9.18 Å². The summed E-state index contributed by atoms with van der Waals surface area (Å²) >= 11 is 0. The zero-order valence-corrected chi connectivity index (χ0v) is 16.7. The molecule has 1 aromatic heterocycles. The molecule has 1 N–H and O–H groups in total. The molecule has 3 rings (SSSR count). The maximum atomic E-state index is 14.8. The van der Waals surface area contributed by atoms with Gasteiger partial charge in [0.2, 0.25) is 0 Å². The number of carbonyl (C=O) groups excluding carboxylic acids is 1. The first kappa shape index (κ1) is 20.9. The number of halogens is 1. The largest absolute Gasteiger partial charge is 0.506 e. The van der Waals surface area contributed by atoms with E-state index in [1.807, 2.05) is 19.1 Å². The van der Waals surface area contributed by atoms with Crippen molar-refractivity contribution in [1.29, 1.82) is 0 Å². The van der Waals surface area contributed by atoms with Crippen LogP contribution >= 0.6 is 0 Å². The second-order valence-electron chi connectivity index (χ2n) is 6.51. The van der Waals surface area contributed by atoms with Crippen molar-refractivity contribution < 1.29 is 19.0 Å². The van der Waals surface area contributed by atoms with E-state index in [4.69, 9.17) is 4.74 Å². The van der Waals surface area contributed by atoms with Gasteiger partial charge in [-0.1, -0.05) is 23.8 Å². The van der Waals surface area contributed by atoms with Crippen LogP contribution in [0.15, 0.2) is 77.6 Å². The maximum absolute atomic E-state index is 14.8. The third kappa shape index (κ3) is 4.97. The number of aryl methyl sites for hydroxylation is 1. The lowest BCUT2D eigenvalue weighted by atomic mass is 10.0. The summed E-state index contributed by atoms with van der Waals surface area (Å²) < 4.78 is 19.8. The van der Waals surface area contributed by atoms with Gasteiger partial charge in [-0.2, -0.15) is 0 Å². The van der Waals surface area contributed by atoms with Gasteiger partial charge in [0.25, 0.3) is 0 Å². The van der Waals surface area contributed by atoms with Crippen LogP contribution in [-0.2, 0) is 9.53 Å². The fourth-order valence-electron chi connectivity index (χ4n) is 2.77. The number of carbonyl (C=O) groups is 1. The van der Waals surface area contributed by atoms with Crippen molar-refractivity contribution in [2.24, 2.45) is 4.99 Å². The van der Waals surface area contributed by atoms with E-state index in [0.29, 0.717) is 11.3 Å². The monoisotopic (exact) mass is 404 g/mol. The second-order valence-corrected chi connectivity index (χ2v) is 6.51. The minimum atomic E-state index is -0.788. The first-order chi connectivity index (χ1) is 14.5. The average Bonchev–Trinajstić information content (AvgIpc) is 2.76. The first-order valence-electron chi connectivity index (χ1n) is 9.41. The summed E-state index contributed by atoms with van der Waals surface area (Å²) in [6, 6.07) is 15.2. The maximum Gasteiger partial charge on any atom is 0.343 e. The number of hydrogen-bond acceptors (Lipinski definition) is 5. The van der Waals surface area contributed by atoms with Crippen LogP contribution in [0.1, 0.15) is 18.1 Å². The van der Waals surface area contributed by atoms with E-state index >= 15 is 0 Å². The number of rotatable bonds is 6. The van der Waals surface area contributed by atoms with Crippen LogP contribution in [0.25, 0.3) is 16.9 Å². The number of benzene rings is 2. The molecule has 6 heteroatoms. The van der Waals surface area contributed by atoms with Crippen molar-refractivity contribution in [3.63, 3.8) is 0 Å². The van der Waals surface area contributed by atoms with Gasteiger partial charge in [0.05, 0.1) is 17.9 Å². The number of esters is 1. The van der Waals surface area contributed by atoms with Gasteiger partial charge in [-0.3, -0.25) is 9.98 Å². The summed E-state index contributed by atoms with van der Waals surface area (Å²) in [5.74, 6) is -2.00. The van der Waals surface area contributed by atoms with Gasteiger partial charge in [0.1, 0.15) is 17.1 Å². The Kier molecular flexibility index (Phi) is 6.70. The Balaban J connectivity index is 2.00. The number of nitrogens with zero attached hydrogens (tertiary/aromatic N) is 2. The van der Waals surface area contributed by atoms with E-state index in [2.05, 4.69) is 9.98 Å². The van der Waals surface area contributed by atoms with Crippen molar-refractivity contribution >= 4 is 23.6 Å². The topological polar surface area (TPSA) is 71.8 Å². The first-order valence-corrected chi connectivity index (χ1v) is 9.41. The lowest BCUT2D eigenvalue weighted by molar-refractivity contribution is -0.137. The Hall–Kier alpha value is -3.80. The third-order valence-corrected chi connectivity index (χ3v) is 4.37. The highest BCUT2D eigenvalue weighted by molar-refractivity contribution is 6.15. The smallest absolute Gasteiger partial charge is 0.343 e. The van der Waals surface area contributed by atoms with Crippen LogP contribution in [0.2, 0.25) is 0 Å².